The van der Waals surface area contributed by atoms with Crippen molar-refractivity contribution in [1.82, 2.24) is 0 Å². The summed E-state index contributed by atoms with van der Waals surface area (Å²) in [5.74, 6) is 1.03. The van der Waals surface area contributed by atoms with Crippen LogP contribution in [0.3, 0.4) is 0 Å². The molecule has 22 heavy (non-hydrogen) atoms. The number of thiophene rings is 1. The Morgan fingerprint density at radius 2 is 2.00 bits per heavy atom. The summed E-state index contributed by atoms with van der Waals surface area (Å²) in [4.78, 5) is 22.0. The molecule has 7 heteroatoms. The number of hydrogen-bond acceptors (Lipinski definition) is 5. The number of carbonyl (C=O) groups excluding carboxylic acids is 1. The predicted molar refractivity (Wildman–Crippen MR) is 89.8 cm³/mol. The Balaban J connectivity index is 0.00000144. The lowest BCUT2D eigenvalue weighted by Crippen LogP contribution is -3.00. The van der Waals surface area contributed by atoms with Gasteiger partial charge in [-0.05, 0) is 40.2 Å². The van der Waals surface area contributed by atoms with E-state index in [0.717, 1.165) is 39.1 Å². The summed E-state index contributed by atoms with van der Waals surface area (Å²) in [6, 6.07) is 11.9. The molecule has 4 nitrogen and oxygen atoms in total. The third kappa shape index (κ3) is 2.51. The average molecular weight is 442 g/mol. The second kappa shape index (κ2) is 6.14. The van der Waals surface area contributed by atoms with Crippen LogP contribution in [0, 0.1) is 0 Å². The Labute approximate surface area is 151 Å². The largest absolute Gasteiger partial charge is 1.00 e. The second-order valence-corrected chi connectivity index (χ2v) is 7.40. The van der Waals surface area contributed by atoms with Crippen molar-refractivity contribution in [3.8, 4) is 0 Å². The Hall–Kier alpha value is -1.18. The summed E-state index contributed by atoms with van der Waals surface area (Å²) >= 11 is 4.88. The van der Waals surface area contributed by atoms with Crippen molar-refractivity contribution < 1.29 is 21.8 Å². The number of aliphatic imine (C=N–C) groups is 1. The number of Topliss-reactive ketones (excluding diaryl/α,β-unsaturated/α-hetero) is 1. The van der Waals surface area contributed by atoms with Crippen LogP contribution in [0.15, 0.2) is 45.2 Å². The van der Waals surface area contributed by atoms with Gasteiger partial charge in [-0.2, -0.15) is 0 Å². The highest BCUT2D eigenvalue weighted by atomic mass is 79.9. The van der Waals surface area contributed by atoms with Gasteiger partial charge in [0.05, 0.1) is 33.1 Å². The molecule has 0 atom stereocenters. The molecule has 1 aromatic carbocycles. The van der Waals surface area contributed by atoms with Crippen molar-refractivity contribution in [3.63, 3.8) is 0 Å². The predicted octanol–water partition coefficient (Wildman–Crippen LogP) is 0.393. The summed E-state index contributed by atoms with van der Waals surface area (Å²) in [6.45, 7) is 2.01. The van der Waals surface area contributed by atoms with Crippen molar-refractivity contribution >= 4 is 50.4 Å². The number of rotatable bonds is 3. The topological polar surface area (TPSA) is 35.9 Å². The van der Waals surface area contributed by atoms with Crippen LogP contribution in [0.4, 0.5) is 11.4 Å². The smallest absolute Gasteiger partial charge is 0.206 e. The number of hydrogen-bond donors (Lipinski definition) is 0. The molecule has 0 bridgehead atoms. The summed E-state index contributed by atoms with van der Waals surface area (Å²) < 4.78 is 0.979. The van der Waals surface area contributed by atoms with Gasteiger partial charge in [-0.3, -0.25) is 9.79 Å². The molecular formula is C15H12Br2N3OS-. The monoisotopic (exact) mass is 440 g/mol. The van der Waals surface area contributed by atoms with Gasteiger partial charge >= 0.3 is 0 Å². The molecule has 114 valence electrons. The highest BCUT2D eigenvalue weighted by Gasteiger charge is 2.36. The zero-order chi connectivity index (χ0) is 14.4. The van der Waals surface area contributed by atoms with E-state index in [2.05, 4.69) is 31.9 Å². The SMILES string of the molecule is O=C(CN1C2=NCCN2c2ccccc21)c1ccc(Br)s1.[Br-]. The first-order chi connectivity index (χ1) is 10.2. The van der Waals surface area contributed by atoms with Gasteiger partial charge in [0.25, 0.3) is 0 Å². The molecule has 0 unspecified atom stereocenters. The molecule has 2 aliphatic heterocycles. The first-order valence-electron chi connectivity index (χ1n) is 6.71. The van der Waals surface area contributed by atoms with Crippen LogP contribution in [0.1, 0.15) is 9.67 Å². The molecule has 0 saturated heterocycles. The molecule has 0 radical (unpaired) electrons. The fraction of sp³-hybridized carbons (Fsp3) is 0.200. The molecule has 0 amide bonds. The number of guanidine groups is 1. The zero-order valence-corrected chi connectivity index (χ0v) is 15.5. The van der Waals surface area contributed by atoms with E-state index in [-0.39, 0.29) is 22.8 Å². The molecule has 0 saturated carbocycles. The van der Waals surface area contributed by atoms with Gasteiger partial charge in [0.15, 0.2) is 5.78 Å². The average Bonchev–Trinajstić information content (AvgIpc) is 3.17. The molecule has 0 aliphatic carbocycles. The van der Waals surface area contributed by atoms with E-state index >= 15 is 0 Å². The van der Waals surface area contributed by atoms with Crippen molar-refractivity contribution in [2.24, 2.45) is 4.99 Å². The number of benzene rings is 1. The van der Waals surface area contributed by atoms with Crippen molar-refractivity contribution in [1.29, 1.82) is 0 Å². The van der Waals surface area contributed by atoms with Crippen LogP contribution in [-0.2, 0) is 0 Å². The first-order valence-corrected chi connectivity index (χ1v) is 8.32. The molecule has 2 aliphatic rings. The van der Waals surface area contributed by atoms with Gasteiger partial charge < -0.3 is 26.8 Å². The Kier molecular flexibility index (Phi) is 4.38. The minimum atomic E-state index is 0. The normalized spacial score (nSPS) is 15.2. The molecule has 0 N–H and O–H groups in total. The highest BCUT2D eigenvalue weighted by molar-refractivity contribution is 9.11. The van der Waals surface area contributed by atoms with Crippen LogP contribution in [-0.4, -0.2) is 31.4 Å². The van der Waals surface area contributed by atoms with E-state index in [1.54, 1.807) is 0 Å². The number of ketones is 1. The van der Waals surface area contributed by atoms with E-state index in [1.807, 2.05) is 35.2 Å². The van der Waals surface area contributed by atoms with Crippen LogP contribution in [0.2, 0.25) is 0 Å². The molecular weight excluding hydrogens is 430 g/mol. The van der Waals surface area contributed by atoms with Crippen molar-refractivity contribution in [2.75, 3.05) is 29.4 Å². The van der Waals surface area contributed by atoms with E-state index in [4.69, 9.17) is 0 Å². The standard InChI is InChI=1S/C15H12BrN3OS.BrH/c16-14-6-5-13(21-14)12(20)9-19-11-4-2-1-3-10(11)18-8-7-17-15(18)19;/h1-6H,7-9H2;1H/p-1. The molecule has 3 heterocycles. The molecule has 4 rings (SSSR count). The van der Waals surface area contributed by atoms with Crippen LogP contribution < -0.4 is 26.8 Å². The van der Waals surface area contributed by atoms with E-state index in [1.165, 1.54) is 11.3 Å². The Morgan fingerprint density at radius 1 is 1.23 bits per heavy atom. The molecule has 0 fully saturated rings. The van der Waals surface area contributed by atoms with Gasteiger partial charge in [-0.15, -0.1) is 11.3 Å². The van der Waals surface area contributed by atoms with Gasteiger partial charge in [-0.25, -0.2) is 0 Å². The second-order valence-electron chi connectivity index (χ2n) is 4.94. The molecule has 0 spiro atoms. The fourth-order valence-electron chi connectivity index (χ4n) is 2.76. The van der Waals surface area contributed by atoms with E-state index < -0.39 is 0 Å². The van der Waals surface area contributed by atoms with Gasteiger partial charge in [0.1, 0.15) is 0 Å². The van der Waals surface area contributed by atoms with Gasteiger partial charge in [0, 0.05) is 6.54 Å². The number of carbonyl (C=O) groups is 1. The van der Waals surface area contributed by atoms with Crippen LogP contribution in [0.5, 0.6) is 0 Å². The quantitative estimate of drug-likeness (QED) is 0.646. The van der Waals surface area contributed by atoms with E-state index in [0.29, 0.717) is 6.54 Å². The Morgan fingerprint density at radius 3 is 2.73 bits per heavy atom. The number of para-hydroxylation sites is 2. The van der Waals surface area contributed by atoms with E-state index in [9.17, 15) is 4.79 Å². The number of fused-ring (bicyclic) bond motifs is 3. The minimum absolute atomic E-state index is 0. The minimum Gasteiger partial charge on any atom is -1.00 e. The lowest BCUT2D eigenvalue weighted by atomic mass is 10.2. The van der Waals surface area contributed by atoms with Gasteiger partial charge in [-0.1, -0.05) is 12.1 Å². The van der Waals surface area contributed by atoms with Gasteiger partial charge in [0.2, 0.25) is 5.96 Å². The zero-order valence-electron chi connectivity index (χ0n) is 11.5. The van der Waals surface area contributed by atoms with Crippen molar-refractivity contribution in [3.05, 3.63) is 45.1 Å². The summed E-state index contributed by atoms with van der Waals surface area (Å²) in [5.41, 5.74) is 2.22. The summed E-state index contributed by atoms with van der Waals surface area (Å²) in [5, 5.41) is 0. The maximum Gasteiger partial charge on any atom is 0.206 e. The summed E-state index contributed by atoms with van der Waals surface area (Å²) in [7, 11) is 0. The lowest BCUT2D eigenvalue weighted by Gasteiger charge is -2.18. The number of anilines is 2. The lowest BCUT2D eigenvalue weighted by molar-refractivity contribution is -0.0000117. The highest BCUT2D eigenvalue weighted by Crippen LogP contribution is 2.38. The first kappa shape index (κ1) is 15.7. The fourth-order valence-corrected chi connectivity index (χ4v) is 4.08. The molecule has 2 aromatic rings. The third-order valence-electron chi connectivity index (χ3n) is 3.67. The number of halogens is 2. The van der Waals surface area contributed by atoms with Crippen LogP contribution in [0.25, 0.3) is 0 Å². The Bertz CT molecular complexity index is 759. The third-order valence-corrected chi connectivity index (χ3v) is 5.34. The maximum absolute atomic E-state index is 12.5. The maximum atomic E-state index is 12.5. The number of nitrogens with zero attached hydrogens (tertiary/aromatic N) is 3. The molecule has 1 aromatic heterocycles. The van der Waals surface area contributed by atoms with Crippen LogP contribution >= 0.6 is 27.3 Å². The van der Waals surface area contributed by atoms with Crippen molar-refractivity contribution in [2.45, 2.75) is 0 Å². The summed E-state index contributed by atoms with van der Waals surface area (Å²) in [6.07, 6.45) is 0.